The highest BCUT2D eigenvalue weighted by Gasteiger charge is 2.22. The smallest absolute Gasteiger partial charge is 0.186 e. The fourth-order valence-corrected chi connectivity index (χ4v) is 1.85. The van der Waals surface area contributed by atoms with Crippen LogP contribution in [-0.2, 0) is 0 Å². The van der Waals surface area contributed by atoms with Gasteiger partial charge in [0.25, 0.3) is 0 Å². The third kappa shape index (κ3) is 2.63. The maximum atomic E-state index is 12.2. The number of aromatic nitrogens is 1. The van der Waals surface area contributed by atoms with Crippen LogP contribution in [0, 0.1) is 11.3 Å². The Balaban J connectivity index is 2.32. The van der Waals surface area contributed by atoms with Crippen molar-refractivity contribution in [2.24, 2.45) is 0 Å². The molecule has 1 aromatic heterocycles. The van der Waals surface area contributed by atoms with Gasteiger partial charge in [-0.2, -0.15) is 5.26 Å². The van der Waals surface area contributed by atoms with Crippen LogP contribution >= 0.6 is 15.9 Å². The Morgan fingerprint density at radius 3 is 2.50 bits per heavy atom. The zero-order valence-corrected chi connectivity index (χ0v) is 11.0. The van der Waals surface area contributed by atoms with E-state index in [2.05, 4.69) is 20.9 Å². The van der Waals surface area contributed by atoms with Crippen molar-refractivity contribution >= 4 is 21.7 Å². The average Bonchev–Trinajstić information content (AvgIpc) is 2.41. The topological polar surface area (TPSA) is 53.8 Å². The summed E-state index contributed by atoms with van der Waals surface area (Å²) in [5.74, 6) is -1.09. The molecule has 1 aromatic carbocycles. The van der Waals surface area contributed by atoms with E-state index in [1.165, 1.54) is 0 Å². The first kappa shape index (κ1) is 12.5. The maximum Gasteiger partial charge on any atom is 0.186 e. The third-order valence-electron chi connectivity index (χ3n) is 2.50. The normalized spacial score (nSPS) is 11.6. The maximum absolute atomic E-state index is 12.2. The van der Waals surface area contributed by atoms with E-state index in [1.807, 2.05) is 6.07 Å². The predicted octanol–water partition coefficient (Wildman–Crippen LogP) is 3.33. The second kappa shape index (κ2) is 5.56. The van der Waals surface area contributed by atoms with Gasteiger partial charge in [0.05, 0.1) is 11.8 Å². The summed E-state index contributed by atoms with van der Waals surface area (Å²) < 4.78 is 0.894. The van der Waals surface area contributed by atoms with Gasteiger partial charge in [0.2, 0.25) is 0 Å². The van der Waals surface area contributed by atoms with Crippen LogP contribution in [0.3, 0.4) is 0 Å². The number of halogens is 1. The molecule has 0 amide bonds. The summed E-state index contributed by atoms with van der Waals surface area (Å²) in [6, 6.07) is 14.2. The molecule has 18 heavy (non-hydrogen) atoms. The van der Waals surface area contributed by atoms with Gasteiger partial charge in [-0.3, -0.25) is 9.78 Å². The fraction of sp³-hybridized carbons (Fsp3) is 0.0714. The fourth-order valence-electron chi connectivity index (χ4n) is 1.59. The average molecular weight is 301 g/mol. The first-order valence-electron chi connectivity index (χ1n) is 5.32. The summed E-state index contributed by atoms with van der Waals surface area (Å²) in [5.41, 5.74) is 0.989. The minimum Gasteiger partial charge on any atom is -0.292 e. The molecule has 88 valence electrons. The van der Waals surface area contributed by atoms with Gasteiger partial charge in [0, 0.05) is 16.2 Å². The van der Waals surface area contributed by atoms with Gasteiger partial charge in [-0.15, -0.1) is 0 Å². The molecule has 0 fully saturated rings. The molecule has 0 bridgehead atoms. The molecular formula is C14H9BrN2O. The molecule has 0 radical (unpaired) electrons. The summed E-state index contributed by atoms with van der Waals surface area (Å²) in [6.07, 6.45) is 1.58. The van der Waals surface area contributed by atoms with Gasteiger partial charge < -0.3 is 0 Å². The van der Waals surface area contributed by atoms with Crippen LogP contribution in [0.1, 0.15) is 22.0 Å². The van der Waals surface area contributed by atoms with Crippen LogP contribution in [0.15, 0.2) is 53.1 Å². The standard InChI is InChI=1S/C14H9BrN2O/c15-11-6-4-10(5-7-11)14(18)12(9-16)13-3-1-2-8-17-13/h1-8,12H. The van der Waals surface area contributed by atoms with E-state index < -0.39 is 5.92 Å². The largest absolute Gasteiger partial charge is 0.292 e. The van der Waals surface area contributed by atoms with Crippen LogP contribution in [0.25, 0.3) is 0 Å². The van der Waals surface area contributed by atoms with E-state index in [4.69, 9.17) is 5.26 Å². The molecule has 0 saturated carbocycles. The number of pyridine rings is 1. The van der Waals surface area contributed by atoms with Crippen molar-refractivity contribution in [3.05, 3.63) is 64.4 Å². The van der Waals surface area contributed by atoms with Gasteiger partial charge in [-0.05, 0) is 24.3 Å². The lowest BCUT2D eigenvalue weighted by Crippen LogP contribution is -2.12. The third-order valence-corrected chi connectivity index (χ3v) is 3.03. The number of hydrogen-bond acceptors (Lipinski definition) is 3. The molecule has 1 unspecified atom stereocenters. The SMILES string of the molecule is N#CC(C(=O)c1ccc(Br)cc1)c1ccccn1. The van der Waals surface area contributed by atoms with Gasteiger partial charge in [-0.25, -0.2) is 0 Å². The van der Waals surface area contributed by atoms with E-state index in [1.54, 1.807) is 48.7 Å². The zero-order valence-electron chi connectivity index (χ0n) is 9.38. The number of carbonyl (C=O) groups excluding carboxylic acids is 1. The number of hydrogen-bond donors (Lipinski definition) is 0. The molecule has 2 rings (SSSR count). The molecule has 4 heteroatoms. The van der Waals surface area contributed by atoms with E-state index in [0.29, 0.717) is 11.3 Å². The van der Waals surface area contributed by atoms with Crippen LogP contribution in [0.4, 0.5) is 0 Å². The van der Waals surface area contributed by atoms with E-state index in [9.17, 15) is 4.79 Å². The minimum absolute atomic E-state index is 0.233. The summed E-state index contributed by atoms with van der Waals surface area (Å²) in [5, 5.41) is 9.15. The highest BCUT2D eigenvalue weighted by atomic mass is 79.9. The van der Waals surface area contributed by atoms with Crippen molar-refractivity contribution in [1.29, 1.82) is 5.26 Å². The zero-order chi connectivity index (χ0) is 13.0. The lowest BCUT2D eigenvalue weighted by molar-refractivity contribution is 0.0977. The highest BCUT2D eigenvalue weighted by Crippen LogP contribution is 2.19. The van der Waals surface area contributed by atoms with Gasteiger partial charge in [-0.1, -0.05) is 34.1 Å². The number of nitrogens with zero attached hydrogens (tertiary/aromatic N) is 2. The quantitative estimate of drug-likeness (QED) is 0.817. The van der Waals surface area contributed by atoms with Crippen molar-refractivity contribution in [1.82, 2.24) is 4.98 Å². The summed E-state index contributed by atoms with van der Waals surface area (Å²) >= 11 is 3.30. The lowest BCUT2D eigenvalue weighted by Gasteiger charge is -2.07. The molecule has 0 spiro atoms. The summed E-state index contributed by atoms with van der Waals surface area (Å²) in [4.78, 5) is 16.3. The first-order valence-corrected chi connectivity index (χ1v) is 6.12. The molecular weight excluding hydrogens is 292 g/mol. The second-order valence-electron chi connectivity index (χ2n) is 3.69. The molecule has 0 aliphatic heterocycles. The number of nitriles is 1. The van der Waals surface area contributed by atoms with Gasteiger partial charge >= 0.3 is 0 Å². The number of carbonyl (C=O) groups is 1. The molecule has 0 aliphatic rings. The summed E-state index contributed by atoms with van der Waals surface area (Å²) in [7, 11) is 0. The van der Waals surface area contributed by atoms with Crippen molar-refractivity contribution in [3.63, 3.8) is 0 Å². The van der Waals surface area contributed by atoms with Crippen molar-refractivity contribution in [2.45, 2.75) is 5.92 Å². The molecule has 1 atom stereocenters. The molecule has 1 heterocycles. The molecule has 0 saturated heterocycles. The molecule has 0 aliphatic carbocycles. The molecule has 2 aromatic rings. The molecule has 3 nitrogen and oxygen atoms in total. The number of ketones is 1. The Hall–Kier alpha value is -1.99. The Bertz CT molecular complexity index is 587. The van der Waals surface area contributed by atoms with Crippen molar-refractivity contribution in [3.8, 4) is 6.07 Å². The van der Waals surface area contributed by atoms with E-state index in [0.717, 1.165) is 4.47 Å². The van der Waals surface area contributed by atoms with Crippen LogP contribution in [-0.4, -0.2) is 10.8 Å². The Kier molecular flexibility index (Phi) is 3.85. The van der Waals surface area contributed by atoms with E-state index >= 15 is 0 Å². The van der Waals surface area contributed by atoms with Gasteiger partial charge in [0.15, 0.2) is 11.7 Å². The monoisotopic (exact) mass is 300 g/mol. The summed E-state index contributed by atoms with van der Waals surface area (Å²) in [6.45, 7) is 0. The predicted molar refractivity (Wildman–Crippen MR) is 71.1 cm³/mol. The van der Waals surface area contributed by atoms with Crippen LogP contribution < -0.4 is 0 Å². The number of benzene rings is 1. The number of rotatable bonds is 3. The van der Waals surface area contributed by atoms with Gasteiger partial charge in [0.1, 0.15) is 0 Å². The van der Waals surface area contributed by atoms with E-state index in [-0.39, 0.29) is 5.78 Å². The highest BCUT2D eigenvalue weighted by molar-refractivity contribution is 9.10. The van der Waals surface area contributed by atoms with Crippen LogP contribution in [0.2, 0.25) is 0 Å². The van der Waals surface area contributed by atoms with Crippen molar-refractivity contribution in [2.75, 3.05) is 0 Å². The number of Topliss-reactive ketones (excluding diaryl/α,β-unsaturated/α-hetero) is 1. The molecule has 0 N–H and O–H groups in total. The Labute approximate surface area is 113 Å². The first-order chi connectivity index (χ1) is 8.72. The minimum atomic E-state index is -0.854. The Morgan fingerprint density at radius 2 is 1.94 bits per heavy atom. The second-order valence-corrected chi connectivity index (χ2v) is 4.60. The van der Waals surface area contributed by atoms with Crippen LogP contribution in [0.5, 0.6) is 0 Å². The lowest BCUT2D eigenvalue weighted by atomic mass is 9.95. The van der Waals surface area contributed by atoms with Crippen molar-refractivity contribution < 1.29 is 4.79 Å². The Morgan fingerprint density at radius 1 is 1.22 bits per heavy atom.